The van der Waals surface area contributed by atoms with Crippen molar-refractivity contribution in [1.29, 1.82) is 0 Å². The Kier molecular flexibility index (Phi) is 8.56. The molecule has 2 aromatic rings. The summed E-state index contributed by atoms with van der Waals surface area (Å²) in [5.41, 5.74) is 2.48. The van der Waals surface area contributed by atoms with Gasteiger partial charge in [-0.2, -0.15) is 5.10 Å². The Bertz CT molecular complexity index is 744. The summed E-state index contributed by atoms with van der Waals surface area (Å²) in [5, 5.41) is 11.4. The number of anilines is 1. The van der Waals surface area contributed by atoms with E-state index >= 15 is 0 Å². The van der Waals surface area contributed by atoms with E-state index in [9.17, 15) is 0 Å². The highest BCUT2D eigenvalue weighted by Crippen LogP contribution is 2.20. The van der Waals surface area contributed by atoms with Crippen LogP contribution in [-0.2, 0) is 7.05 Å². The maximum atomic E-state index is 4.42. The molecule has 7 nitrogen and oxygen atoms in total. The van der Waals surface area contributed by atoms with Gasteiger partial charge < -0.3 is 20.4 Å². The summed E-state index contributed by atoms with van der Waals surface area (Å²) in [4.78, 5) is 9.03. The minimum Gasteiger partial charge on any atom is -0.369 e. The second kappa shape index (κ2) is 10.7. The molecule has 0 spiro atoms. The van der Waals surface area contributed by atoms with E-state index in [0.29, 0.717) is 6.04 Å². The van der Waals surface area contributed by atoms with Crippen molar-refractivity contribution >= 4 is 35.6 Å². The van der Waals surface area contributed by atoms with Gasteiger partial charge in [-0.25, -0.2) is 0 Å². The van der Waals surface area contributed by atoms with Crippen LogP contribution in [0.1, 0.15) is 18.0 Å². The van der Waals surface area contributed by atoms with Gasteiger partial charge in [0.2, 0.25) is 0 Å². The molecule has 2 unspecified atom stereocenters. The fraction of sp³-hybridized carbons (Fsp3) is 0.500. The number of para-hydroxylation sites is 1. The predicted octanol–water partition coefficient (Wildman–Crippen LogP) is 2.08. The highest BCUT2D eigenvalue weighted by Gasteiger charge is 2.24. The molecule has 3 rings (SSSR count). The van der Waals surface area contributed by atoms with Gasteiger partial charge in [0.1, 0.15) is 0 Å². The first-order valence-corrected chi connectivity index (χ1v) is 9.49. The van der Waals surface area contributed by atoms with Gasteiger partial charge in [0.05, 0.1) is 12.2 Å². The summed E-state index contributed by atoms with van der Waals surface area (Å²) < 4.78 is 1.84. The molecule has 0 bridgehead atoms. The Morgan fingerprint density at radius 3 is 2.68 bits per heavy atom. The van der Waals surface area contributed by atoms with Gasteiger partial charge in [0.15, 0.2) is 5.96 Å². The van der Waals surface area contributed by atoms with Gasteiger partial charge in [0, 0.05) is 57.2 Å². The van der Waals surface area contributed by atoms with Gasteiger partial charge >= 0.3 is 0 Å². The lowest BCUT2D eigenvalue weighted by Crippen LogP contribution is -2.46. The van der Waals surface area contributed by atoms with Crippen molar-refractivity contribution in [2.24, 2.45) is 12.0 Å². The fourth-order valence-electron chi connectivity index (χ4n) is 3.54. The number of benzene rings is 1. The summed E-state index contributed by atoms with van der Waals surface area (Å²) in [6, 6.07) is 11.2. The lowest BCUT2D eigenvalue weighted by atomic mass is 10.1. The molecule has 8 heteroatoms. The molecule has 0 amide bonds. The van der Waals surface area contributed by atoms with E-state index in [1.54, 1.807) is 0 Å². The first-order chi connectivity index (χ1) is 13.1. The normalized spacial score (nSPS) is 18.1. The SMILES string of the molecule is CN=C(NCC(c1cnn(C)c1)N(C)C)NC1CCN(c2ccccc2)C1.I. The van der Waals surface area contributed by atoms with Gasteiger partial charge in [0.25, 0.3) is 0 Å². The summed E-state index contributed by atoms with van der Waals surface area (Å²) in [7, 11) is 7.95. The molecular formula is C20H32IN7. The van der Waals surface area contributed by atoms with E-state index in [0.717, 1.165) is 32.0 Å². The van der Waals surface area contributed by atoms with Gasteiger partial charge in [-0.05, 0) is 32.6 Å². The summed E-state index contributed by atoms with van der Waals surface area (Å²) >= 11 is 0. The quantitative estimate of drug-likeness (QED) is 0.364. The Morgan fingerprint density at radius 2 is 2.07 bits per heavy atom. The number of guanidine groups is 1. The minimum absolute atomic E-state index is 0. The van der Waals surface area contributed by atoms with Crippen molar-refractivity contribution in [1.82, 2.24) is 25.3 Å². The van der Waals surface area contributed by atoms with Crippen molar-refractivity contribution < 1.29 is 0 Å². The standard InChI is InChI=1S/C20H31N7.HI/c1-21-20(22-13-19(25(2)3)16-12-23-26(4)14-16)24-17-10-11-27(15-17)18-8-6-5-7-9-18;/h5-9,12,14,17,19H,10-11,13,15H2,1-4H3,(H2,21,22,24);1H. The summed E-state index contributed by atoms with van der Waals surface area (Å²) in [6.45, 7) is 2.83. The molecule has 1 aromatic heterocycles. The van der Waals surface area contributed by atoms with Crippen LogP contribution in [0.4, 0.5) is 5.69 Å². The van der Waals surface area contributed by atoms with Crippen molar-refractivity contribution in [2.45, 2.75) is 18.5 Å². The number of aliphatic imine (C=N–C) groups is 1. The third-order valence-corrected chi connectivity index (χ3v) is 5.07. The first-order valence-electron chi connectivity index (χ1n) is 9.49. The molecule has 0 saturated carbocycles. The number of likely N-dealkylation sites (N-methyl/N-ethyl adjacent to an activating group) is 1. The smallest absolute Gasteiger partial charge is 0.191 e. The Hall–Kier alpha value is -1.81. The number of hydrogen-bond donors (Lipinski definition) is 2. The van der Waals surface area contributed by atoms with Crippen LogP contribution >= 0.6 is 24.0 Å². The zero-order valence-corrected chi connectivity index (χ0v) is 19.5. The van der Waals surface area contributed by atoms with Crippen LogP contribution in [0.2, 0.25) is 0 Å². The Morgan fingerprint density at radius 1 is 1.32 bits per heavy atom. The van der Waals surface area contributed by atoms with Gasteiger partial charge in [-0.1, -0.05) is 18.2 Å². The largest absolute Gasteiger partial charge is 0.369 e. The zero-order valence-electron chi connectivity index (χ0n) is 17.2. The third kappa shape index (κ3) is 5.84. The predicted molar refractivity (Wildman–Crippen MR) is 127 cm³/mol. The number of nitrogens with zero attached hydrogens (tertiary/aromatic N) is 5. The molecule has 0 radical (unpaired) electrons. The highest BCUT2D eigenvalue weighted by atomic mass is 127. The Labute approximate surface area is 185 Å². The van der Waals surface area contributed by atoms with Crippen LogP contribution in [0.15, 0.2) is 47.7 Å². The zero-order chi connectivity index (χ0) is 19.2. The number of halogens is 1. The maximum Gasteiger partial charge on any atom is 0.191 e. The first kappa shape index (κ1) is 22.5. The van der Waals surface area contributed by atoms with Crippen LogP contribution in [-0.4, -0.2) is 67.5 Å². The van der Waals surface area contributed by atoms with Crippen molar-refractivity contribution in [2.75, 3.05) is 45.7 Å². The number of aryl methyl sites for hydroxylation is 1. The van der Waals surface area contributed by atoms with E-state index in [-0.39, 0.29) is 30.0 Å². The molecule has 1 fully saturated rings. The molecular weight excluding hydrogens is 465 g/mol. The molecule has 1 saturated heterocycles. The maximum absolute atomic E-state index is 4.42. The van der Waals surface area contributed by atoms with Crippen LogP contribution in [0.25, 0.3) is 0 Å². The average Bonchev–Trinajstić information content (AvgIpc) is 3.30. The molecule has 154 valence electrons. The van der Waals surface area contributed by atoms with Crippen LogP contribution < -0.4 is 15.5 Å². The lowest BCUT2D eigenvalue weighted by Gasteiger charge is -2.25. The van der Waals surface area contributed by atoms with E-state index in [1.807, 2.05) is 25.0 Å². The third-order valence-electron chi connectivity index (χ3n) is 5.07. The van der Waals surface area contributed by atoms with Crippen molar-refractivity contribution in [3.8, 4) is 0 Å². The van der Waals surface area contributed by atoms with Crippen LogP contribution in [0.3, 0.4) is 0 Å². The second-order valence-corrected chi connectivity index (χ2v) is 7.29. The van der Waals surface area contributed by atoms with Crippen molar-refractivity contribution in [3.05, 3.63) is 48.3 Å². The van der Waals surface area contributed by atoms with Gasteiger partial charge in [-0.15, -0.1) is 24.0 Å². The number of hydrogen-bond acceptors (Lipinski definition) is 4. The lowest BCUT2D eigenvalue weighted by molar-refractivity contribution is 0.298. The fourth-order valence-corrected chi connectivity index (χ4v) is 3.54. The number of rotatable bonds is 6. The Balaban J connectivity index is 0.00000280. The molecule has 1 aliphatic heterocycles. The van der Waals surface area contributed by atoms with Crippen LogP contribution in [0, 0.1) is 0 Å². The molecule has 1 aromatic carbocycles. The number of nitrogens with one attached hydrogen (secondary N) is 2. The molecule has 0 aliphatic carbocycles. The molecule has 2 atom stereocenters. The van der Waals surface area contributed by atoms with E-state index in [2.05, 4.69) is 81.1 Å². The number of aromatic nitrogens is 2. The van der Waals surface area contributed by atoms with E-state index < -0.39 is 0 Å². The highest BCUT2D eigenvalue weighted by molar-refractivity contribution is 14.0. The second-order valence-electron chi connectivity index (χ2n) is 7.29. The van der Waals surface area contributed by atoms with Gasteiger partial charge in [-0.3, -0.25) is 9.67 Å². The van der Waals surface area contributed by atoms with E-state index in [4.69, 9.17) is 0 Å². The summed E-state index contributed by atoms with van der Waals surface area (Å²) in [6.07, 6.45) is 5.10. The minimum atomic E-state index is 0. The van der Waals surface area contributed by atoms with Crippen LogP contribution in [0.5, 0.6) is 0 Å². The average molecular weight is 497 g/mol. The van der Waals surface area contributed by atoms with Crippen molar-refractivity contribution in [3.63, 3.8) is 0 Å². The molecule has 1 aliphatic rings. The molecule has 28 heavy (non-hydrogen) atoms. The van der Waals surface area contributed by atoms with E-state index in [1.165, 1.54) is 11.3 Å². The monoisotopic (exact) mass is 497 g/mol. The summed E-state index contributed by atoms with van der Waals surface area (Å²) in [5.74, 6) is 0.852. The molecule has 2 N–H and O–H groups in total. The topological polar surface area (TPSA) is 60.7 Å². The molecule has 2 heterocycles.